The summed E-state index contributed by atoms with van der Waals surface area (Å²) in [5.41, 5.74) is 1.27. The van der Waals surface area contributed by atoms with Gasteiger partial charge in [-0.1, -0.05) is 13.3 Å². The van der Waals surface area contributed by atoms with Crippen LogP contribution in [-0.4, -0.2) is 17.1 Å². The van der Waals surface area contributed by atoms with E-state index in [1.54, 1.807) is 11.3 Å². The first-order chi connectivity index (χ1) is 8.87. The first-order valence-corrected chi connectivity index (χ1v) is 8.01. The Morgan fingerprint density at radius 1 is 1.32 bits per heavy atom. The molecule has 0 amide bonds. The Balaban J connectivity index is 2.76. The molecular formula is C15H28N2OS. The Hall–Kier alpha value is -0.450. The lowest BCUT2D eigenvalue weighted by Crippen LogP contribution is -2.34. The van der Waals surface area contributed by atoms with Crippen LogP contribution in [0.5, 0.6) is 0 Å². The molecule has 0 aliphatic heterocycles. The number of ether oxygens (including phenoxy) is 1. The number of hydrogen-bond acceptors (Lipinski definition) is 4. The van der Waals surface area contributed by atoms with Crippen LogP contribution in [0.15, 0.2) is 0 Å². The molecular weight excluding hydrogens is 256 g/mol. The summed E-state index contributed by atoms with van der Waals surface area (Å²) in [6.45, 7) is 14.5. The zero-order chi connectivity index (χ0) is 14.5. The summed E-state index contributed by atoms with van der Waals surface area (Å²) >= 11 is 1.79. The Kier molecular flexibility index (Phi) is 6.43. The molecule has 4 heteroatoms. The van der Waals surface area contributed by atoms with Crippen molar-refractivity contribution in [3.63, 3.8) is 0 Å². The maximum absolute atomic E-state index is 5.81. The number of hydrogen-bond donors (Lipinski definition) is 1. The van der Waals surface area contributed by atoms with E-state index in [0.717, 1.165) is 36.7 Å². The molecule has 1 rings (SSSR count). The van der Waals surface area contributed by atoms with Gasteiger partial charge in [0, 0.05) is 23.6 Å². The molecule has 0 aromatic carbocycles. The van der Waals surface area contributed by atoms with E-state index in [1.807, 2.05) is 6.92 Å². The Morgan fingerprint density at radius 3 is 2.53 bits per heavy atom. The van der Waals surface area contributed by atoms with Gasteiger partial charge in [0.25, 0.3) is 0 Å². The van der Waals surface area contributed by atoms with Gasteiger partial charge in [-0.25, -0.2) is 4.98 Å². The minimum atomic E-state index is 0.138. The topological polar surface area (TPSA) is 34.1 Å². The van der Waals surface area contributed by atoms with E-state index in [-0.39, 0.29) is 11.6 Å². The van der Waals surface area contributed by atoms with Crippen molar-refractivity contribution in [2.24, 2.45) is 0 Å². The van der Waals surface area contributed by atoms with Crippen molar-refractivity contribution in [3.05, 3.63) is 15.6 Å². The molecule has 1 aromatic rings. The Bertz CT molecular complexity index is 376. The Morgan fingerprint density at radius 2 is 2.00 bits per heavy atom. The summed E-state index contributed by atoms with van der Waals surface area (Å²) in [6, 6.07) is 0. The van der Waals surface area contributed by atoms with Gasteiger partial charge in [-0.2, -0.15) is 0 Å². The summed E-state index contributed by atoms with van der Waals surface area (Å²) in [5.74, 6) is 0. The van der Waals surface area contributed by atoms with Gasteiger partial charge in [-0.15, -0.1) is 11.3 Å². The van der Waals surface area contributed by atoms with E-state index < -0.39 is 0 Å². The summed E-state index contributed by atoms with van der Waals surface area (Å²) < 4.78 is 5.81. The third kappa shape index (κ3) is 5.59. The van der Waals surface area contributed by atoms with Crippen LogP contribution in [0, 0.1) is 6.92 Å². The van der Waals surface area contributed by atoms with Gasteiger partial charge >= 0.3 is 0 Å². The van der Waals surface area contributed by atoms with Crippen LogP contribution >= 0.6 is 11.3 Å². The van der Waals surface area contributed by atoms with Gasteiger partial charge in [-0.05, 0) is 41.0 Å². The highest BCUT2D eigenvalue weighted by molar-refractivity contribution is 7.11. The summed E-state index contributed by atoms with van der Waals surface area (Å²) in [7, 11) is 0. The largest absolute Gasteiger partial charge is 0.371 e. The van der Waals surface area contributed by atoms with Crippen LogP contribution in [0.4, 0.5) is 0 Å². The predicted octanol–water partition coefficient (Wildman–Crippen LogP) is 4.22. The second-order valence-electron chi connectivity index (χ2n) is 5.90. The highest BCUT2D eigenvalue weighted by Crippen LogP contribution is 2.29. The molecule has 110 valence electrons. The fourth-order valence-corrected chi connectivity index (χ4v) is 2.93. The maximum atomic E-state index is 5.81. The molecule has 3 nitrogen and oxygen atoms in total. The quantitative estimate of drug-likeness (QED) is 0.814. The van der Waals surface area contributed by atoms with Crippen LogP contribution in [0.25, 0.3) is 0 Å². The highest BCUT2D eigenvalue weighted by Gasteiger charge is 2.18. The monoisotopic (exact) mass is 284 g/mol. The van der Waals surface area contributed by atoms with Crippen LogP contribution < -0.4 is 5.32 Å². The minimum Gasteiger partial charge on any atom is -0.371 e. The lowest BCUT2D eigenvalue weighted by Gasteiger charge is -2.20. The first kappa shape index (κ1) is 16.6. The van der Waals surface area contributed by atoms with Crippen LogP contribution in [0.1, 0.15) is 69.1 Å². The van der Waals surface area contributed by atoms with E-state index >= 15 is 0 Å². The second kappa shape index (κ2) is 7.36. The highest BCUT2D eigenvalue weighted by atomic mass is 32.1. The fourth-order valence-electron chi connectivity index (χ4n) is 1.84. The van der Waals surface area contributed by atoms with Crippen molar-refractivity contribution in [2.45, 2.75) is 72.6 Å². The van der Waals surface area contributed by atoms with Crippen molar-refractivity contribution in [2.75, 3.05) is 6.61 Å². The molecule has 0 spiro atoms. The van der Waals surface area contributed by atoms with Crippen molar-refractivity contribution >= 4 is 11.3 Å². The zero-order valence-corrected chi connectivity index (χ0v) is 14.0. The van der Waals surface area contributed by atoms with Gasteiger partial charge in [0.2, 0.25) is 0 Å². The summed E-state index contributed by atoms with van der Waals surface area (Å²) in [5, 5.41) is 4.66. The molecule has 1 unspecified atom stereocenters. The normalized spacial score (nSPS) is 13.8. The van der Waals surface area contributed by atoms with Gasteiger partial charge in [0.05, 0.1) is 5.69 Å². The molecule has 0 saturated carbocycles. The predicted molar refractivity (Wildman–Crippen MR) is 82.7 cm³/mol. The average Bonchev–Trinajstić information content (AvgIpc) is 2.67. The van der Waals surface area contributed by atoms with Crippen molar-refractivity contribution in [1.82, 2.24) is 10.3 Å². The SMILES string of the molecule is CCCC(OCC)c1nc(C)c(CNC(C)(C)C)s1. The standard InChI is InChI=1S/C15H28N2OS/c1-7-9-12(18-8-2)14-17-11(3)13(19-14)10-16-15(4,5)6/h12,16H,7-10H2,1-6H3. The molecule has 19 heavy (non-hydrogen) atoms. The van der Waals surface area contributed by atoms with Crippen LogP contribution in [-0.2, 0) is 11.3 Å². The number of aryl methyl sites for hydroxylation is 1. The number of nitrogens with zero attached hydrogens (tertiary/aromatic N) is 1. The van der Waals surface area contributed by atoms with Gasteiger partial charge in [-0.3, -0.25) is 0 Å². The molecule has 0 aliphatic carbocycles. The van der Waals surface area contributed by atoms with Gasteiger partial charge < -0.3 is 10.1 Å². The summed E-state index contributed by atoms with van der Waals surface area (Å²) in [4.78, 5) is 6.03. The smallest absolute Gasteiger partial charge is 0.122 e. The fraction of sp³-hybridized carbons (Fsp3) is 0.800. The Labute approximate surface area is 121 Å². The molecule has 1 aromatic heterocycles. The number of aromatic nitrogens is 1. The minimum absolute atomic E-state index is 0.138. The third-order valence-corrected chi connectivity index (χ3v) is 4.13. The van der Waals surface area contributed by atoms with Crippen LogP contribution in [0.2, 0.25) is 0 Å². The van der Waals surface area contributed by atoms with E-state index in [1.165, 1.54) is 4.88 Å². The van der Waals surface area contributed by atoms with Gasteiger partial charge in [0.1, 0.15) is 11.1 Å². The van der Waals surface area contributed by atoms with Gasteiger partial charge in [0.15, 0.2) is 0 Å². The molecule has 0 bridgehead atoms. The lowest BCUT2D eigenvalue weighted by atomic mass is 10.1. The molecule has 0 aliphatic rings. The van der Waals surface area contributed by atoms with Crippen molar-refractivity contribution in [3.8, 4) is 0 Å². The lowest BCUT2D eigenvalue weighted by molar-refractivity contribution is 0.0554. The molecule has 0 saturated heterocycles. The number of nitrogens with one attached hydrogen (secondary N) is 1. The van der Waals surface area contributed by atoms with Crippen molar-refractivity contribution in [1.29, 1.82) is 0 Å². The van der Waals surface area contributed by atoms with E-state index in [0.29, 0.717) is 0 Å². The van der Waals surface area contributed by atoms with E-state index in [9.17, 15) is 0 Å². The molecule has 1 atom stereocenters. The molecule has 1 N–H and O–H groups in total. The van der Waals surface area contributed by atoms with Crippen molar-refractivity contribution < 1.29 is 4.74 Å². The van der Waals surface area contributed by atoms with Crippen LogP contribution in [0.3, 0.4) is 0 Å². The average molecular weight is 284 g/mol. The molecule has 1 heterocycles. The number of rotatable bonds is 7. The van der Waals surface area contributed by atoms with E-state index in [4.69, 9.17) is 9.72 Å². The first-order valence-electron chi connectivity index (χ1n) is 7.20. The molecule has 0 fully saturated rings. The summed E-state index contributed by atoms with van der Waals surface area (Å²) in [6.07, 6.45) is 2.34. The molecule has 0 radical (unpaired) electrons. The number of thiazole rings is 1. The van der Waals surface area contributed by atoms with E-state index in [2.05, 4.69) is 39.9 Å². The zero-order valence-electron chi connectivity index (χ0n) is 13.2. The maximum Gasteiger partial charge on any atom is 0.122 e. The third-order valence-electron chi connectivity index (χ3n) is 2.88. The second-order valence-corrected chi connectivity index (χ2v) is 7.01.